The van der Waals surface area contributed by atoms with E-state index in [-0.39, 0.29) is 0 Å². The van der Waals surface area contributed by atoms with Crippen molar-refractivity contribution in [3.05, 3.63) is 203 Å². The first kappa shape index (κ1) is 38.8. The molecule has 64 heavy (non-hydrogen) atoms. The van der Waals surface area contributed by atoms with Crippen molar-refractivity contribution in [1.29, 1.82) is 0 Å². The predicted molar refractivity (Wildman–Crippen MR) is 278 cm³/mol. The normalized spacial score (nSPS) is 12.0. The van der Waals surface area contributed by atoms with Crippen LogP contribution in [0.2, 0.25) is 0 Å². The third-order valence-corrected chi connectivity index (χ3v) is 15.4. The minimum Gasteiger partial charge on any atom is -0.309 e. The zero-order valence-electron chi connectivity index (χ0n) is 36.9. The van der Waals surface area contributed by atoms with Crippen LogP contribution in [0.5, 0.6) is 0 Å². The maximum Gasteiger partial charge on any atom is 0.0541 e. The van der Waals surface area contributed by atoms with Crippen LogP contribution in [-0.4, -0.2) is 9.13 Å². The average Bonchev–Trinajstić information content (AvgIpc) is 3.93. The van der Waals surface area contributed by atoms with Gasteiger partial charge in [0, 0.05) is 62.9 Å². The highest BCUT2D eigenvalue weighted by Crippen LogP contribution is 2.43. The minimum absolute atomic E-state index is 1.17. The molecule has 2 nitrogen and oxygen atoms in total. The number of aromatic nitrogens is 2. The number of hydrogen-bond acceptors (Lipinski definition) is 2. The monoisotopic (exact) mass is 858 g/mol. The standard InChI is InChI=1S/C60H46N2S2/c1-35-26-37(3)59(38(4)27-35)41-16-21-53-48(30-41)50-33-45(19-23-55(50)61(53)43-12-8-7-9-13-43)63-46-20-24-56-51(34-46)49-31-42(60-39(5)28-36(2)29-40(60)6)17-22-54(49)62(56)44-18-25-58-52(32-44)47-14-10-11-15-57(47)64-58/h7-34H,1-6H3. The average molecular weight is 859 g/mol. The highest BCUT2D eigenvalue weighted by Gasteiger charge is 2.19. The van der Waals surface area contributed by atoms with Crippen molar-refractivity contribution in [1.82, 2.24) is 9.13 Å². The van der Waals surface area contributed by atoms with Crippen LogP contribution >= 0.6 is 23.1 Å². The van der Waals surface area contributed by atoms with Gasteiger partial charge in [0.15, 0.2) is 0 Å². The fraction of sp³-hybridized carbons (Fsp3) is 0.100. The Morgan fingerprint density at radius 2 is 0.797 bits per heavy atom. The van der Waals surface area contributed by atoms with E-state index in [1.54, 1.807) is 0 Å². The summed E-state index contributed by atoms with van der Waals surface area (Å²) in [6.45, 7) is 13.4. The number of rotatable bonds is 6. The van der Waals surface area contributed by atoms with E-state index in [4.69, 9.17) is 0 Å². The molecule has 0 aliphatic rings. The van der Waals surface area contributed by atoms with Gasteiger partial charge in [-0.25, -0.2) is 0 Å². The number of aryl methyl sites for hydroxylation is 6. The molecule has 0 unspecified atom stereocenters. The third kappa shape index (κ3) is 6.23. The number of thiophene rings is 1. The van der Waals surface area contributed by atoms with Crippen LogP contribution in [0.25, 0.3) is 97.4 Å². The molecular formula is C60H46N2S2. The van der Waals surface area contributed by atoms with Crippen molar-refractivity contribution in [2.75, 3.05) is 0 Å². The highest BCUT2D eigenvalue weighted by molar-refractivity contribution is 7.99. The topological polar surface area (TPSA) is 9.86 Å². The molecule has 0 saturated heterocycles. The van der Waals surface area contributed by atoms with E-state index in [1.807, 2.05) is 23.1 Å². The lowest BCUT2D eigenvalue weighted by atomic mass is 9.93. The van der Waals surface area contributed by atoms with Crippen molar-refractivity contribution in [3.8, 4) is 33.6 Å². The number of benzene rings is 9. The molecule has 4 heteroatoms. The Bertz CT molecular complexity index is 3830. The lowest BCUT2D eigenvalue weighted by Gasteiger charge is -2.13. The van der Waals surface area contributed by atoms with Crippen LogP contribution in [0.4, 0.5) is 0 Å². The molecule has 0 atom stereocenters. The van der Waals surface area contributed by atoms with Crippen molar-refractivity contribution in [3.63, 3.8) is 0 Å². The van der Waals surface area contributed by atoms with Gasteiger partial charge in [-0.05, 0) is 183 Å². The highest BCUT2D eigenvalue weighted by atomic mass is 32.2. The fourth-order valence-electron chi connectivity index (χ4n) is 10.8. The molecule has 0 bridgehead atoms. The second-order valence-corrected chi connectivity index (χ2v) is 20.0. The molecule has 0 radical (unpaired) electrons. The Morgan fingerprint density at radius 1 is 0.344 bits per heavy atom. The zero-order chi connectivity index (χ0) is 43.4. The third-order valence-electron chi connectivity index (χ3n) is 13.3. The smallest absolute Gasteiger partial charge is 0.0541 e. The van der Waals surface area contributed by atoms with Gasteiger partial charge in [0.05, 0.1) is 22.1 Å². The first-order valence-electron chi connectivity index (χ1n) is 22.1. The van der Waals surface area contributed by atoms with E-state index in [1.165, 1.54) is 141 Å². The molecule has 0 amide bonds. The van der Waals surface area contributed by atoms with Crippen molar-refractivity contribution in [2.24, 2.45) is 0 Å². The van der Waals surface area contributed by atoms with Crippen LogP contribution in [0.3, 0.4) is 0 Å². The number of para-hydroxylation sites is 1. The van der Waals surface area contributed by atoms with E-state index in [9.17, 15) is 0 Å². The largest absolute Gasteiger partial charge is 0.309 e. The summed E-state index contributed by atoms with van der Waals surface area (Å²) >= 11 is 3.72. The Labute approximate surface area is 382 Å². The van der Waals surface area contributed by atoms with Gasteiger partial charge in [0.2, 0.25) is 0 Å². The Morgan fingerprint density at radius 3 is 1.34 bits per heavy atom. The summed E-state index contributed by atoms with van der Waals surface area (Å²) in [7, 11) is 0. The van der Waals surface area contributed by atoms with Crippen LogP contribution < -0.4 is 0 Å². The van der Waals surface area contributed by atoms with Crippen molar-refractivity contribution in [2.45, 2.75) is 51.3 Å². The second-order valence-electron chi connectivity index (χ2n) is 17.8. The second kappa shape index (κ2) is 14.9. The Hall–Kier alpha value is -6.85. The van der Waals surface area contributed by atoms with Gasteiger partial charge in [-0.3, -0.25) is 0 Å². The predicted octanol–water partition coefficient (Wildman–Crippen LogP) is 17.6. The van der Waals surface area contributed by atoms with Crippen LogP contribution in [0, 0.1) is 41.5 Å². The summed E-state index contributed by atoms with van der Waals surface area (Å²) in [5.41, 5.74) is 20.2. The van der Waals surface area contributed by atoms with Gasteiger partial charge in [-0.2, -0.15) is 0 Å². The van der Waals surface area contributed by atoms with Crippen molar-refractivity contribution >= 4 is 86.9 Å². The molecule has 0 saturated carbocycles. The quantitative estimate of drug-likeness (QED) is 0.162. The van der Waals surface area contributed by atoms with E-state index < -0.39 is 0 Å². The molecular weight excluding hydrogens is 813 g/mol. The van der Waals surface area contributed by atoms with Gasteiger partial charge >= 0.3 is 0 Å². The summed E-state index contributed by atoms with van der Waals surface area (Å²) in [4.78, 5) is 2.44. The summed E-state index contributed by atoms with van der Waals surface area (Å²) in [5.74, 6) is 0. The van der Waals surface area contributed by atoms with E-state index in [0.29, 0.717) is 0 Å². The van der Waals surface area contributed by atoms with E-state index >= 15 is 0 Å². The number of fused-ring (bicyclic) bond motifs is 9. The van der Waals surface area contributed by atoms with Gasteiger partial charge in [-0.15, -0.1) is 11.3 Å². The molecule has 0 spiro atoms. The molecule has 12 rings (SSSR count). The molecule has 0 aliphatic heterocycles. The summed E-state index contributed by atoms with van der Waals surface area (Å²) in [6.07, 6.45) is 0. The van der Waals surface area contributed by atoms with Gasteiger partial charge in [0.1, 0.15) is 0 Å². The first-order valence-corrected chi connectivity index (χ1v) is 23.8. The summed E-state index contributed by atoms with van der Waals surface area (Å²) in [5, 5.41) is 7.67. The fourth-order valence-corrected chi connectivity index (χ4v) is 12.8. The van der Waals surface area contributed by atoms with Crippen LogP contribution in [-0.2, 0) is 0 Å². The van der Waals surface area contributed by atoms with E-state index in [0.717, 1.165) is 0 Å². The zero-order valence-corrected chi connectivity index (χ0v) is 38.5. The summed E-state index contributed by atoms with van der Waals surface area (Å²) < 4.78 is 7.54. The molecule has 0 fully saturated rings. The SMILES string of the molecule is Cc1cc(C)c(-c2ccc3c(c2)c2cc(Sc4ccc5c(c4)c4cc(-c6c(C)cc(C)cc6C)ccc4n5-c4ccc5sc6ccccc6c5c4)ccc2n3-c2ccccc2)c(C)c1. The van der Waals surface area contributed by atoms with Gasteiger partial charge in [0.25, 0.3) is 0 Å². The molecule has 0 N–H and O–H groups in total. The lowest BCUT2D eigenvalue weighted by molar-refractivity contribution is 1.18. The number of nitrogens with zero attached hydrogens (tertiary/aromatic N) is 2. The number of hydrogen-bond donors (Lipinski definition) is 0. The molecule has 12 aromatic rings. The molecule has 3 aromatic heterocycles. The Balaban J connectivity index is 1.03. The first-order chi connectivity index (χ1) is 31.2. The molecule has 9 aromatic carbocycles. The molecule has 0 aliphatic carbocycles. The molecule has 3 heterocycles. The molecule has 308 valence electrons. The van der Waals surface area contributed by atoms with Gasteiger partial charge < -0.3 is 9.13 Å². The Kier molecular flexibility index (Phi) is 9.02. The van der Waals surface area contributed by atoms with Crippen LogP contribution in [0.1, 0.15) is 33.4 Å². The minimum atomic E-state index is 1.17. The van der Waals surface area contributed by atoms with Gasteiger partial charge in [-0.1, -0.05) is 95.7 Å². The maximum absolute atomic E-state index is 2.48. The van der Waals surface area contributed by atoms with Crippen LogP contribution in [0.15, 0.2) is 180 Å². The van der Waals surface area contributed by atoms with E-state index in [2.05, 4.69) is 221 Å². The summed E-state index contributed by atoms with van der Waals surface area (Å²) in [6, 6.07) is 64.1. The lowest BCUT2D eigenvalue weighted by Crippen LogP contribution is -1.94. The van der Waals surface area contributed by atoms with Crippen molar-refractivity contribution < 1.29 is 0 Å². The maximum atomic E-state index is 2.48.